The van der Waals surface area contributed by atoms with Crippen molar-refractivity contribution < 1.29 is 0 Å². The average Bonchev–Trinajstić information content (AvgIpc) is 2.70. The van der Waals surface area contributed by atoms with Crippen LogP contribution in [0, 0.1) is 0 Å². The van der Waals surface area contributed by atoms with Crippen molar-refractivity contribution in [2.45, 2.75) is 39.0 Å². The predicted molar refractivity (Wildman–Crippen MR) is 122 cm³/mol. The number of hydrogen-bond acceptors (Lipinski definition) is 0. The minimum atomic E-state index is 1.12. The Labute approximate surface area is 170 Å². The van der Waals surface area contributed by atoms with E-state index >= 15 is 0 Å². The van der Waals surface area contributed by atoms with Gasteiger partial charge in [-0.15, -0.1) is 0 Å². The summed E-state index contributed by atoms with van der Waals surface area (Å²) in [5.74, 6) is 0. The minimum Gasteiger partial charge on any atom is -0.0654 e. The minimum absolute atomic E-state index is 1.12. The van der Waals surface area contributed by atoms with Gasteiger partial charge in [-0.2, -0.15) is 0 Å². The van der Waals surface area contributed by atoms with E-state index in [4.69, 9.17) is 0 Å². The van der Waals surface area contributed by atoms with Crippen LogP contribution in [-0.2, 0) is 6.42 Å². The third-order valence-electron chi connectivity index (χ3n) is 5.36. The number of aryl methyl sites for hydroxylation is 1. The Balaban J connectivity index is 1.65. The van der Waals surface area contributed by atoms with Gasteiger partial charge >= 0.3 is 0 Å². The highest BCUT2D eigenvalue weighted by molar-refractivity contribution is 9.10. The first-order valence-electron chi connectivity index (χ1n) is 9.95. The van der Waals surface area contributed by atoms with Gasteiger partial charge in [-0.1, -0.05) is 90.6 Å². The first kappa shape index (κ1) is 18.3. The van der Waals surface area contributed by atoms with Gasteiger partial charge in [0, 0.05) is 4.47 Å². The smallest absolute Gasteiger partial charge is 0.0181 e. The summed E-state index contributed by atoms with van der Waals surface area (Å²) >= 11 is 3.58. The van der Waals surface area contributed by atoms with E-state index in [1.54, 1.807) is 0 Å². The molecule has 0 aromatic heterocycles. The summed E-state index contributed by atoms with van der Waals surface area (Å²) in [7, 11) is 0. The lowest BCUT2D eigenvalue weighted by atomic mass is 9.97. The second-order valence-electron chi connectivity index (χ2n) is 7.41. The molecule has 0 spiro atoms. The van der Waals surface area contributed by atoms with Gasteiger partial charge in [-0.05, 0) is 75.3 Å². The fourth-order valence-corrected chi connectivity index (χ4v) is 4.16. The van der Waals surface area contributed by atoms with Gasteiger partial charge in [-0.3, -0.25) is 0 Å². The van der Waals surface area contributed by atoms with Crippen molar-refractivity contribution in [1.82, 2.24) is 0 Å². The molecule has 0 N–H and O–H groups in total. The molecule has 0 aliphatic heterocycles. The van der Waals surface area contributed by atoms with E-state index in [2.05, 4.69) is 95.7 Å². The molecule has 0 nitrogen and oxygen atoms in total. The maximum Gasteiger partial charge on any atom is 0.0181 e. The highest BCUT2D eigenvalue weighted by atomic mass is 79.9. The van der Waals surface area contributed by atoms with Gasteiger partial charge in [0.15, 0.2) is 0 Å². The summed E-state index contributed by atoms with van der Waals surface area (Å²) in [6, 6.07) is 26.9. The molecule has 0 amide bonds. The van der Waals surface area contributed by atoms with E-state index < -0.39 is 0 Å². The van der Waals surface area contributed by atoms with Crippen molar-refractivity contribution in [3.8, 4) is 11.1 Å². The van der Waals surface area contributed by atoms with Crippen molar-refractivity contribution in [2.75, 3.05) is 0 Å². The fourth-order valence-electron chi connectivity index (χ4n) is 3.78. The van der Waals surface area contributed by atoms with Gasteiger partial charge in [0.25, 0.3) is 0 Å². The molecule has 0 aliphatic carbocycles. The molecule has 0 fully saturated rings. The molecule has 4 aromatic rings. The van der Waals surface area contributed by atoms with Crippen molar-refractivity contribution in [1.29, 1.82) is 0 Å². The van der Waals surface area contributed by atoms with Crippen molar-refractivity contribution in [2.24, 2.45) is 0 Å². The van der Waals surface area contributed by atoms with E-state index in [0.29, 0.717) is 0 Å². The Bertz CT molecular complexity index is 1080. The number of halogens is 1. The zero-order chi connectivity index (χ0) is 18.6. The zero-order valence-electron chi connectivity index (χ0n) is 15.8. The molecule has 0 saturated heterocycles. The molecule has 136 valence electrons. The van der Waals surface area contributed by atoms with Gasteiger partial charge in [-0.25, -0.2) is 0 Å². The monoisotopic (exact) mass is 416 g/mol. The summed E-state index contributed by atoms with van der Waals surface area (Å²) in [4.78, 5) is 0. The van der Waals surface area contributed by atoms with Gasteiger partial charge < -0.3 is 0 Å². The summed E-state index contributed by atoms with van der Waals surface area (Å²) in [6.07, 6.45) is 6.45. The van der Waals surface area contributed by atoms with Crippen LogP contribution in [0.4, 0.5) is 0 Å². The van der Waals surface area contributed by atoms with Crippen LogP contribution in [0.5, 0.6) is 0 Å². The largest absolute Gasteiger partial charge is 0.0654 e. The van der Waals surface area contributed by atoms with E-state index in [1.807, 2.05) is 0 Å². The van der Waals surface area contributed by atoms with E-state index in [0.717, 1.165) is 4.47 Å². The van der Waals surface area contributed by atoms with Crippen LogP contribution in [0.15, 0.2) is 77.3 Å². The standard InChI is InChI=1S/C26H25Br/c1-2-3-4-5-6-19-7-8-20-9-11-22(16-24(20)15-19)23-12-10-21-13-14-26(27)18-25(21)17-23/h7-18H,2-6H2,1H3. The summed E-state index contributed by atoms with van der Waals surface area (Å²) < 4.78 is 1.12. The topological polar surface area (TPSA) is 0 Å². The van der Waals surface area contributed by atoms with Gasteiger partial charge in [0.05, 0.1) is 0 Å². The van der Waals surface area contributed by atoms with E-state index in [-0.39, 0.29) is 0 Å². The van der Waals surface area contributed by atoms with Gasteiger partial charge in [0.1, 0.15) is 0 Å². The lowest BCUT2D eigenvalue weighted by Gasteiger charge is -2.08. The summed E-state index contributed by atoms with van der Waals surface area (Å²) in [5.41, 5.74) is 4.02. The Kier molecular flexibility index (Phi) is 5.59. The first-order chi connectivity index (χ1) is 13.2. The lowest BCUT2D eigenvalue weighted by molar-refractivity contribution is 0.667. The second-order valence-corrected chi connectivity index (χ2v) is 8.33. The number of fused-ring (bicyclic) bond motifs is 2. The van der Waals surface area contributed by atoms with E-state index in [9.17, 15) is 0 Å². The lowest BCUT2D eigenvalue weighted by Crippen LogP contribution is -1.87. The van der Waals surface area contributed by atoms with Crippen molar-refractivity contribution in [3.63, 3.8) is 0 Å². The molecule has 0 unspecified atom stereocenters. The predicted octanol–water partition coefficient (Wildman–Crippen LogP) is 8.55. The zero-order valence-corrected chi connectivity index (χ0v) is 17.4. The maximum atomic E-state index is 3.58. The Hall–Kier alpha value is -2.12. The molecule has 0 radical (unpaired) electrons. The van der Waals surface area contributed by atoms with Crippen LogP contribution in [0.1, 0.15) is 38.2 Å². The molecular formula is C26H25Br. The molecule has 0 bridgehead atoms. The summed E-state index contributed by atoms with van der Waals surface area (Å²) in [6.45, 7) is 2.27. The molecular weight excluding hydrogens is 392 g/mol. The number of unbranched alkanes of at least 4 members (excludes halogenated alkanes) is 3. The Morgan fingerprint density at radius 3 is 1.93 bits per heavy atom. The third-order valence-corrected chi connectivity index (χ3v) is 5.85. The fraction of sp³-hybridized carbons (Fsp3) is 0.231. The first-order valence-corrected chi connectivity index (χ1v) is 10.7. The third kappa shape index (κ3) is 4.25. The highest BCUT2D eigenvalue weighted by Gasteiger charge is 2.04. The van der Waals surface area contributed by atoms with Crippen LogP contribution in [0.25, 0.3) is 32.7 Å². The molecule has 0 heterocycles. The average molecular weight is 417 g/mol. The molecule has 4 rings (SSSR count). The number of rotatable bonds is 6. The SMILES string of the molecule is CCCCCCc1ccc2ccc(-c3ccc4ccc(Br)cc4c3)cc2c1. The van der Waals surface area contributed by atoms with Crippen LogP contribution < -0.4 is 0 Å². The molecule has 0 atom stereocenters. The van der Waals surface area contributed by atoms with Crippen LogP contribution in [-0.4, -0.2) is 0 Å². The van der Waals surface area contributed by atoms with E-state index in [1.165, 1.54) is 70.3 Å². The molecule has 0 saturated carbocycles. The Morgan fingerprint density at radius 1 is 0.593 bits per heavy atom. The van der Waals surface area contributed by atoms with Crippen molar-refractivity contribution >= 4 is 37.5 Å². The van der Waals surface area contributed by atoms with Crippen LogP contribution in [0.2, 0.25) is 0 Å². The van der Waals surface area contributed by atoms with Gasteiger partial charge in [0.2, 0.25) is 0 Å². The molecule has 1 heteroatoms. The number of benzene rings is 4. The molecule has 4 aromatic carbocycles. The van der Waals surface area contributed by atoms with Crippen LogP contribution in [0.3, 0.4) is 0 Å². The maximum absolute atomic E-state index is 3.58. The quantitative estimate of drug-likeness (QED) is 0.276. The second kappa shape index (κ2) is 8.27. The molecule has 27 heavy (non-hydrogen) atoms. The van der Waals surface area contributed by atoms with Crippen LogP contribution >= 0.6 is 15.9 Å². The number of hydrogen-bond donors (Lipinski definition) is 0. The normalized spacial score (nSPS) is 11.3. The Morgan fingerprint density at radius 2 is 1.22 bits per heavy atom. The highest BCUT2D eigenvalue weighted by Crippen LogP contribution is 2.29. The molecule has 0 aliphatic rings. The van der Waals surface area contributed by atoms with Crippen molar-refractivity contribution in [3.05, 3.63) is 82.8 Å². The summed E-state index contributed by atoms with van der Waals surface area (Å²) in [5, 5.41) is 5.21.